The Morgan fingerprint density at radius 1 is 0.684 bits per heavy atom. The summed E-state index contributed by atoms with van der Waals surface area (Å²) in [5.74, 6) is 0.403. The van der Waals surface area contributed by atoms with E-state index < -0.39 is 29.4 Å². The van der Waals surface area contributed by atoms with Crippen LogP contribution in [0, 0.1) is 11.8 Å². The van der Waals surface area contributed by atoms with Gasteiger partial charge in [-0.25, -0.2) is 9.97 Å². The zero-order valence-corrected chi connectivity index (χ0v) is 33.3. The average Bonchev–Trinajstić information content (AvgIpc) is 3.13. The number of halogens is 7. The summed E-state index contributed by atoms with van der Waals surface area (Å²) in [6, 6.07) is 25.0. The predicted octanol–water partition coefficient (Wildman–Crippen LogP) is 10.3. The first-order chi connectivity index (χ1) is 26.7. The number of carboxylic acid groups (broad SMARTS) is 1. The fourth-order valence-electron chi connectivity index (χ4n) is 5.74. The Morgan fingerprint density at radius 3 is 1.49 bits per heavy atom. The van der Waals surface area contributed by atoms with Crippen molar-refractivity contribution in [2.24, 2.45) is 11.8 Å². The van der Waals surface area contributed by atoms with E-state index in [4.69, 9.17) is 9.90 Å². The topological polar surface area (TPSA) is 107 Å². The number of alkyl halides is 7. The second kappa shape index (κ2) is 18.8. The molecule has 0 radical (unpaired) electrons. The SMILES string of the molecule is CC(=O)O.CC(C)C(Br)c1nc2cc(C(F)(F)F)ccc2c(=O)n1Cc1ccccc1.CC(C)Cc1nc2cc(C(F)(F)F)ccc2c(=O)n1Cc1ccccc1. The van der Waals surface area contributed by atoms with Crippen LogP contribution in [0.4, 0.5) is 26.3 Å². The Labute approximate surface area is 333 Å². The molecule has 0 fully saturated rings. The summed E-state index contributed by atoms with van der Waals surface area (Å²) in [5.41, 5.74) is -0.285. The molecule has 2 aromatic heterocycles. The number of carboxylic acids is 1. The van der Waals surface area contributed by atoms with Crippen molar-refractivity contribution in [3.8, 4) is 0 Å². The number of hydrogen-bond acceptors (Lipinski definition) is 5. The van der Waals surface area contributed by atoms with Gasteiger partial charge in [0.05, 0.1) is 50.8 Å². The number of carbonyl (C=O) groups is 1. The van der Waals surface area contributed by atoms with E-state index in [1.807, 2.05) is 88.4 Å². The summed E-state index contributed by atoms with van der Waals surface area (Å²) in [5, 5.41) is 7.78. The van der Waals surface area contributed by atoms with Crippen molar-refractivity contribution in [1.29, 1.82) is 0 Å². The van der Waals surface area contributed by atoms with Crippen LogP contribution in [0.25, 0.3) is 21.8 Å². The normalized spacial score (nSPS) is 12.2. The largest absolute Gasteiger partial charge is 0.481 e. The Kier molecular flexibility index (Phi) is 14.6. The molecule has 302 valence electrons. The Balaban J connectivity index is 0.000000231. The van der Waals surface area contributed by atoms with Gasteiger partial charge in [0.25, 0.3) is 17.1 Å². The standard InChI is InChI=1S/C20H18BrF3N2O.C20H19F3N2O.C2H4O2/c1-12(2)17(21)18-25-16-10-14(20(22,23)24)8-9-15(16)19(27)26(18)11-13-6-4-3-5-7-13;1-13(2)10-18-24-17-11-15(20(21,22)23)8-9-16(17)19(26)25(18)12-14-6-4-3-5-7-14;1-2(3)4/h3-10,12,17H,11H2,1-2H3;3-9,11,13H,10,12H2,1-2H3;1H3,(H,3,4). The van der Waals surface area contributed by atoms with Gasteiger partial charge in [-0.05, 0) is 59.4 Å². The lowest BCUT2D eigenvalue weighted by Crippen LogP contribution is -2.28. The molecule has 1 atom stereocenters. The van der Waals surface area contributed by atoms with Crippen LogP contribution in [-0.4, -0.2) is 30.2 Å². The van der Waals surface area contributed by atoms with Gasteiger partial charge in [0.15, 0.2) is 0 Å². The van der Waals surface area contributed by atoms with Crippen molar-refractivity contribution in [1.82, 2.24) is 19.1 Å². The fourth-order valence-corrected chi connectivity index (χ4v) is 6.08. The highest BCUT2D eigenvalue weighted by atomic mass is 79.9. The lowest BCUT2D eigenvalue weighted by molar-refractivity contribution is -0.138. The maximum absolute atomic E-state index is 13.1. The molecule has 15 heteroatoms. The molecule has 0 saturated heterocycles. The van der Waals surface area contributed by atoms with Crippen LogP contribution in [-0.2, 0) is 36.7 Å². The zero-order valence-electron chi connectivity index (χ0n) is 31.7. The van der Waals surface area contributed by atoms with Gasteiger partial charge in [-0.1, -0.05) is 104 Å². The van der Waals surface area contributed by atoms with Crippen LogP contribution in [0.2, 0.25) is 0 Å². The molecule has 6 rings (SSSR count). The molecule has 0 aliphatic carbocycles. The number of aromatic nitrogens is 4. The molecule has 0 bridgehead atoms. The van der Waals surface area contributed by atoms with Gasteiger partial charge in [0.2, 0.25) is 0 Å². The first kappa shape index (κ1) is 44.4. The maximum Gasteiger partial charge on any atom is 0.416 e. The molecule has 0 amide bonds. The minimum atomic E-state index is -4.49. The molecule has 0 saturated carbocycles. The van der Waals surface area contributed by atoms with Crippen LogP contribution in [0.3, 0.4) is 0 Å². The summed E-state index contributed by atoms with van der Waals surface area (Å²) < 4.78 is 81.2. The molecule has 2 heterocycles. The lowest BCUT2D eigenvalue weighted by atomic mass is 10.1. The number of rotatable bonds is 8. The quantitative estimate of drug-likeness (QED) is 0.121. The number of aliphatic carboxylic acids is 1. The molecule has 6 aromatic rings. The van der Waals surface area contributed by atoms with Crippen LogP contribution in [0.5, 0.6) is 0 Å². The highest BCUT2D eigenvalue weighted by molar-refractivity contribution is 9.09. The van der Waals surface area contributed by atoms with Gasteiger partial charge in [-0.3, -0.25) is 23.5 Å². The minimum absolute atomic E-state index is 0.0548. The summed E-state index contributed by atoms with van der Waals surface area (Å²) in [7, 11) is 0. The van der Waals surface area contributed by atoms with Crippen LogP contribution in [0.15, 0.2) is 107 Å². The first-order valence-electron chi connectivity index (χ1n) is 17.8. The highest BCUT2D eigenvalue weighted by Crippen LogP contribution is 2.33. The molecule has 0 aliphatic rings. The second-order valence-electron chi connectivity index (χ2n) is 14.0. The zero-order chi connectivity index (χ0) is 42.2. The molecule has 57 heavy (non-hydrogen) atoms. The van der Waals surface area contributed by atoms with E-state index in [-0.39, 0.29) is 49.6 Å². The average molecular weight is 860 g/mol. The second-order valence-corrected chi connectivity index (χ2v) is 15.0. The van der Waals surface area contributed by atoms with E-state index in [0.717, 1.165) is 42.3 Å². The van der Waals surface area contributed by atoms with Gasteiger partial charge in [0.1, 0.15) is 11.6 Å². The number of benzene rings is 4. The highest BCUT2D eigenvalue weighted by Gasteiger charge is 2.32. The number of nitrogens with zero attached hydrogens (tertiary/aromatic N) is 4. The predicted molar refractivity (Wildman–Crippen MR) is 211 cm³/mol. The number of fused-ring (bicyclic) bond motifs is 2. The Hall–Kier alpha value is -5.31. The smallest absolute Gasteiger partial charge is 0.416 e. The van der Waals surface area contributed by atoms with Gasteiger partial charge >= 0.3 is 12.4 Å². The molecule has 0 aliphatic heterocycles. The number of hydrogen-bond donors (Lipinski definition) is 1. The molecular weight excluding hydrogens is 818 g/mol. The van der Waals surface area contributed by atoms with Crippen LogP contribution in [0.1, 0.15) is 73.3 Å². The van der Waals surface area contributed by atoms with Crippen molar-refractivity contribution in [2.75, 3.05) is 0 Å². The van der Waals surface area contributed by atoms with E-state index in [9.17, 15) is 35.9 Å². The van der Waals surface area contributed by atoms with Gasteiger partial charge in [0, 0.05) is 13.3 Å². The van der Waals surface area contributed by atoms with Crippen molar-refractivity contribution in [3.63, 3.8) is 0 Å². The van der Waals surface area contributed by atoms with E-state index >= 15 is 0 Å². The first-order valence-corrected chi connectivity index (χ1v) is 18.7. The van der Waals surface area contributed by atoms with Crippen molar-refractivity contribution in [3.05, 3.63) is 152 Å². The molecular formula is C42H41BrF6N4O4. The lowest BCUT2D eigenvalue weighted by Gasteiger charge is -2.20. The van der Waals surface area contributed by atoms with E-state index in [0.29, 0.717) is 31.2 Å². The Bertz CT molecular complexity index is 2430. The third-order valence-corrected chi connectivity index (χ3v) is 9.93. The van der Waals surface area contributed by atoms with Gasteiger partial charge in [-0.15, -0.1) is 0 Å². The Morgan fingerprint density at radius 2 is 1.09 bits per heavy atom. The molecule has 0 spiro atoms. The summed E-state index contributed by atoms with van der Waals surface area (Å²) in [6.07, 6.45) is -8.44. The van der Waals surface area contributed by atoms with Crippen molar-refractivity contribution in [2.45, 2.75) is 71.3 Å². The van der Waals surface area contributed by atoms with E-state index in [1.165, 1.54) is 16.7 Å². The van der Waals surface area contributed by atoms with Crippen molar-refractivity contribution >= 4 is 43.7 Å². The summed E-state index contributed by atoms with van der Waals surface area (Å²) >= 11 is 3.55. The van der Waals surface area contributed by atoms with Crippen LogP contribution >= 0.6 is 15.9 Å². The maximum atomic E-state index is 13.1. The third-order valence-electron chi connectivity index (χ3n) is 8.46. The van der Waals surface area contributed by atoms with E-state index in [1.54, 1.807) is 4.57 Å². The molecule has 1 N–H and O–H groups in total. The fraction of sp³-hybridized carbons (Fsp3) is 0.310. The van der Waals surface area contributed by atoms with Gasteiger partial charge < -0.3 is 5.11 Å². The third kappa shape index (κ3) is 11.9. The van der Waals surface area contributed by atoms with Crippen molar-refractivity contribution < 1.29 is 36.2 Å². The van der Waals surface area contributed by atoms with Gasteiger partial charge in [-0.2, -0.15) is 26.3 Å². The molecule has 1 unspecified atom stereocenters. The van der Waals surface area contributed by atoms with E-state index in [2.05, 4.69) is 25.9 Å². The summed E-state index contributed by atoms with van der Waals surface area (Å²) in [6.45, 7) is 9.59. The molecule has 8 nitrogen and oxygen atoms in total. The summed E-state index contributed by atoms with van der Waals surface area (Å²) in [4.78, 5) is 43.6. The monoisotopic (exact) mass is 858 g/mol. The minimum Gasteiger partial charge on any atom is -0.481 e. The van der Waals surface area contributed by atoms with Crippen LogP contribution < -0.4 is 11.1 Å². The molecule has 4 aromatic carbocycles.